The Morgan fingerprint density at radius 2 is 1.95 bits per heavy atom. The average Bonchev–Trinajstić information content (AvgIpc) is 3.25. The van der Waals surface area contributed by atoms with Crippen molar-refractivity contribution in [1.29, 1.82) is 0 Å². The summed E-state index contributed by atoms with van der Waals surface area (Å²) in [6.45, 7) is 1.35. The van der Waals surface area contributed by atoms with Gasteiger partial charge in [-0.1, -0.05) is 12.1 Å². The van der Waals surface area contributed by atoms with Crippen LogP contribution < -0.4 is 10.1 Å². The molecule has 19 heavy (non-hydrogen) atoms. The first-order chi connectivity index (χ1) is 9.23. The van der Waals surface area contributed by atoms with Gasteiger partial charge in [-0.15, -0.1) is 0 Å². The van der Waals surface area contributed by atoms with E-state index < -0.39 is 0 Å². The molecule has 1 aromatic carbocycles. The molecule has 4 heteroatoms. The van der Waals surface area contributed by atoms with Gasteiger partial charge in [-0.3, -0.25) is 4.79 Å². The highest BCUT2D eigenvalue weighted by molar-refractivity contribution is 5.91. The lowest BCUT2D eigenvalue weighted by Gasteiger charge is -2.16. The van der Waals surface area contributed by atoms with Crippen LogP contribution in [0.15, 0.2) is 24.3 Å². The minimum Gasteiger partial charge on any atom is -0.497 e. The third kappa shape index (κ3) is 3.07. The minimum atomic E-state index is -0.306. The molecule has 1 N–H and O–H groups in total. The van der Waals surface area contributed by atoms with Gasteiger partial charge in [-0.05, 0) is 37.0 Å². The molecule has 1 aliphatic carbocycles. The summed E-state index contributed by atoms with van der Waals surface area (Å²) in [6, 6.07) is 7.79. The summed E-state index contributed by atoms with van der Waals surface area (Å²) < 4.78 is 10.1. The Bertz CT molecular complexity index is 424. The molecule has 0 heterocycles. The van der Waals surface area contributed by atoms with Crippen molar-refractivity contribution in [1.82, 2.24) is 5.32 Å². The van der Waals surface area contributed by atoms with E-state index in [4.69, 9.17) is 9.47 Å². The summed E-state index contributed by atoms with van der Waals surface area (Å²) in [5.41, 5.74) is 0.775. The molecule has 1 aliphatic rings. The molecule has 1 fully saturated rings. The van der Waals surface area contributed by atoms with Gasteiger partial charge in [-0.25, -0.2) is 0 Å². The first-order valence-corrected chi connectivity index (χ1v) is 6.65. The number of nitrogens with one attached hydrogen (secondary N) is 1. The smallest absolute Gasteiger partial charge is 0.230 e. The van der Waals surface area contributed by atoms with Gasteiger partial charge < -0.3 is 14.8 Å². The first kappa shape index (κ1) is 13.9. The Morgan fingerprint density at radius 3 is 2.47 bits per heavy atom. The van der Waals surface area contributed by atoms with E-state index in [0.717, 1.165) is 30.6 Å². The number of hydrogen-bond acceptors (Lipinski definition) is 3. The monoisotopic (exact) mass is 263 g/mol. The SMILES string of the molecule is COCCCNC(=O)C1(c2ccc(OC)cc2)CC1. The summed E-state index contributed by atoms with van der Waals surface area (Å²) in [5.74, 6) is 0.953. The van der Waals surface area contributed by atoms with Crippen molar-refractivity contribution in [3.63, 3.8) is 0 Å². The third-order valence-corrected chi connectivity index (χ3v) is 3.64. The van der Waals surface area contributed by atoms with Crippen LogP contribution in [0.1, 0.15) is 24.8 Å². The van der Waals surface area contributed by atoms with Gasteiger partial charge in [0.25, 0.3) is 0 Å². The third-order valence-electron chi connectivity index (χ3n) is 3.64. The molecule has 0 aromatic heterocycles. The molecule has 0 radical (unpaired) electrons. The number of carbonyl (C=O) groups excluding carboxylic acids is 1. The highest BCUT2D eigenvalue weighted by Crippen LogP contribution is 2.48. The van der Waals surface area contributed by atoms with Crippen LogP contribution in [-0.2, 0) is 14.9 Å². The number of rotatable bonds is 7. The molecule has 0 bridgehead atoms. The highest BCUT2D eigenvalue weighted by atomic mass is 16.5. The lowest BCUT2D eigenvalue weighted by atomic mass is 9.95. The lowest BCUT2D eigenvalue weighted by Crippen LogP contribution is -2.35. The van der Waals surface area contributed by atoms with Crippen molar-refractivity contribution >= 4 is 5.91 Å². The van der Waals surface area contributed by atoms with Gasteiger partial charge in [0.2, 0.25) is 5.91 Å². The second-order valence-electron chi connectivity index (χ2n) is 4.91. The zero-order valence-corrected chi connectivity index (χ0v) is 11.6. The molecule has 0 atom stereocenters. The molecule has 4 nitrogen and oxygen atoms in total. The maximum absolute atomic E-state index is 12.3. The second kappa shape index (κ2) is 6.06. The normalized spacial score (nSPS) is 15.9. The van der Waals surface area contributed by atoms with Gasteiger partial charge in [0.05, 0.1) is 12.5 Å². The predicted octanol–water partition coefficient (Wildman–Crippen LogP) is 1.88. The molecule has 2 rings (SSSR count). The van der Waals surface area contributed by atoms with Crippen molar-refractivity contribution < 1.29 is 14.3 Å². The van der Waals surface area contributed by atoms with E-state index in [-0.39, 0.29) is 11.3 Å². The summed E-state index contributed by atoms with van der Waals surface area (Å²) in [7, 11) is 3.31. The molecule has 1 amide bonds. The van der Waals surface area contributed by atoms with Crippen molar-refractivity contribution in [2.24, 2.45) is 0 Å². The zero-order valence-electron chi connectivity index (χ0n) is 11.6. The topological polar surface area (TPSA) is 47.6 Å². The molecular formula is C15H21NO3. The minimum absolute atomic E-state index is 0.133. The van der Waals surface area contributed by atoms with Crippen LogP contribution in [0.25, 0.3) is 0 Å². The van der Waals surface area contributed by atoms with Crippen LogP contribution in [0.2, 0.25) is 0 Å². The van der Waals surface area contributed by atoms with Crippen molar-refractivity contribution in [2.45, 2.75) is 24.7 Å². The molecule has 1 saturated carbocycles. The quantitative estimate of drug-likeness (QED) is 0.764. The Hall–Kier alpha value is -1.55. The van der Waals surface area contributed by atoms with Crippen LogP contribution in [-0.4, -0.2) is 33.3 Å². The van der Waals surface area contributed by atoms with Crippen molar-refractivity contribution in [3.05, 3.63) is 29.8 Å². The van der Waals surface area contributed by atoms with E-state index in [1.54, 1.807) is 14.2 Å². The second-order valence-corrected chi connectivity index (χ2v) is 4.91. The van der Waals surface area contributed by atoms with Crippen LogP contribution in [0.4, 0.5) is 0 Å². The molecule has 1 aromatic rings. The number of amides is 1. The van der Waals surface area contributed by atoms with Crippen LogP contribution >= 0.6 is 0 Å². The molecule has 0 saturated heterocycles. The number of methoxy groups -OCH3 is 2. The maximum Gasteiger partial charge on any atom is 0.230 e. The van der Waals surface area contributed by atoms with Crippen molar-refractivity contribution in [2.75, 3.05) is 27.4 Å². The number of benzene rings is 1. The number of ether oxygens (including phenoxy) is 2. The Balaban J connectivity index is 1.95. The largest absolute Gasteiger partial charge is 0.497 e. The molecular weight excluding hydrogens is 242 g/mol. The van der Waals surface area contributed by atoms with Gasteiger partial charge in [-0.2, -0.15) is 0 Å². The van der Waals surface area contributed by atoms with Crippen LogP contribution in [0.5, 0.6) is 5.75 Å². The lowest BCUT2D eigenvalue weighted by molar-refractivity contribution is -0.123. The van der Waals surface area contributed by atoms with Gasteiger partial charge in [0.1, 0.15) is 5.75 Å². The van der Waals surface area contributed by atoms with Crippen LogP contribution in [0.3, 0.4) is 0 Å². The number of hydrogen-bond donors (Lipinski definition) is 1. The van der Waals surface area contributed by atoms with Gasteiger partial charge in [0, 0.05) is 20.3 Å². The van der Waals surface area contributed by atoms with Crippen molar-refractivity contribution in [3.8, 4) is 5.75 Å². The number of carbonyl (C=O) groups is 1. The first-order valence-electron chi connectivity index (χ1n) is 6.65. The van der Waals surface area contributed by atoms with Crippen LogP contribution in [0, 0.1) is 0 Å². The molecule has 0 unspecified atom stereocenters. The average molecular weight is 263 g/mol. The summed E-state index contributed by atoms with van der Waals surface area (Å²) >= 11 is 0. The zero-order chi connectivity index (χ0) is 13.7. The standard InChI is InChI=1S/C15H21NO3/c1-18-11-3-10-16-14(17)15(8-9-15)12-4-6-13(19-2)7-5-12/h4-7H,3,8-11H2,1-2H3,(H,16,17). The molecule has 0 aliphatic heterocycles. The fourth-order valence-electron chi connectivity index (χ4n) is 2.27. The van der Waals surface area contributed by atoms with E-state index in [1.165, 1.54) is 0 Å². The van der Waals surface area contributed by atoms with E-state index >= 15 is 0 Å². The fraction of sp³-hybridized carbons (Fsp3) is 0.533. The molecule has 0 spiro atoms. The van der Waals surface area contributed by atoms with E-state index in [9.17, 15) is 4.79 Å². The molecule has 104 valence electrons. The Morgan fingerprint density at radius 1 is 1.26 bits per heavy atom. The maximum atomic E-state index is 12.3. The Kier molecular flexibility index (Phi) is 4.43. The van der Waals surface area contributed by atoms with E-state index in [0.29, 0.717) is 13.2 Å². The van der Waals surface area contributed by atoms with Gasteiger partial charge in [0.15, 0.2) is 0 Å². The van der Waals surface area contributed by atoms with Gasteiger partial charge >= 0.3 is 0 Å². The summed E-state index contributed by atoms with van der Waals surface area (Å²) in [4.78, 5) is 12.3. The highest BCUT2D eigenvalue weighted by Gasteiger charge is 2.50. The fourth-order valence-corrected chi connectivity index (χ4v) is 2.27. The van der Waals surface area contributed by atoms with E-state index in [2.05, 4.69) is 5.32 Å². The summed E-state index contributed by atoms with van der Waals surface area (Å²) in [5, 5.41) is 3.00. The summed E-state index contributed by atoms with van der Waals surface area (Å²) in [6.07, 6.45) is 2.70. The predicted molar refractivity (Wildman–Crippen MR) is 73.4 cm³/mol. The Labute approximate surface area is 114 Å². The van der Waals surface area contributed by atoms with E-state index in [1.807, 2.05) is 24.3 Å².